The van der Waals surface area contributed by atoms with E-state index in [2.05, 4.69) is 41.0 Å². The molecule has 140 valence electrons. The number of hydrogen-bond acceptors (Lipinski definition) is 4. The summed E-state index contributed by atoms with van der Waals surface area (Å²) in [7, 11) is 1.30. The first-order chi connectivity index (χ1) is 11.3. The van der Waals surface area contributed by atoms with Gasteiger partial charge in [-0.3, -0.25) is 9.69 Å². The number of piperidine rings is 1. The van der Waals surface area contributed by atoms with Gasteiger partial charge in [-0.2, -0.15) is 0 Å². The quantitative estimate of drug-likeness (QED) is 0.745. The van der Waals surface area contributed by atoms with Crippen LogP contribution in [-0.2, 0) is 9.53 Å². The lowest BCUT2D eigenvalue weighted by atomic mass is 9.94. The largest absolute Gasteiger partial charge is 0.453 e. The third-order valence-corrected chi connectivity index (χ3v) is 4.95. The van der Waals surface area contributed by atoms with Crippen LogP contribution in [0.4, 0.5) is 4.79 Å². The molecule has 1 aliphatic heterocycles. The average molecular weight is 341 g/mol. The number of nitrogens with zero attached hydrogens (tertiary/aromatic N) is 1. The molecule has 6 nitrogen and oxygen atoms in total. The number of carbonyl (C=O) groups excluding carboxylic acids is 2. The van der Waals surface area contributed by atoms with Crippen LogP contribution >= 0.6 is 0 Å². The van der Waals surface area contributed by atoms with Crippen LogP contribution in [0.2, 0.25) is 0 Å². The molecule has 0 aromatic heterocycles. The molecule has 2 amide bonds. The van der Waals surface area contributed by atoms with Gasteiger partial charge in [0.25, 0.3) is 0 Å². The molecular weight excluding hydrogens is 306 g/mol. The van der Waals surface area contributed by atoms with Gasteiger partial charge >= 0.3 is 6.09 Å². The lowest BCUT2D eigenvalue weighted by Crippen LogP contribution is -2.54. The van der Waals surface area contributed by atoms with E-state index in [-0.39, 0.29) is 11.8 Å². The molecule has 0 saturated carbocycles. The minimum Gasteiger partial charge on any atom is -0.453 e. The van der Waals surface area contributed by atoms with E-state index in [1.54, 1.807) is 0 Å². The molecular formula is C18H35N3O3. The van der Waals surface area contributed by atoms with Crippen LogP contribution in [0.15, 0.2) is 0 Å². The Morgan fingerprint density at radius 2 is 1.71 bits per heavy atom. The molecule has 0 aromatic rings. The molecule has 0 aliphatic carbocycles. The van der Waals surface area contributed by atoms with Gasteiger partial charge in [0, 0.05) is 12.6 Å². The molecule has 1 heterocycles. The zero-order chi connectivity index (χ0) is 18.3. The third-order valence-electron chi connectivity index (χ3n) is 4.95. The summed E-state index contributed by atoms with van der Waals surface area (Å²) in [5.41, 5.74) is 0. The van der Waals surface area contributed by atoms with Gasteiger partial charge in [0.2, 0.25) is 5.91 Å². The van der Waals surface area contributed by atoms with Gasteiger partial charge < -0.3 is 15.4 Å². The fourth-order valence-electron chi connectivity index (χ4n) is 3.18. The van der Waals surface area contributed by atoms with Gasteiger partial charge in [0.1, 0.15) is 6.04 Å². The van der Waals surface area contributed by atoms with Crippen molar-refractivity contribution in [3.63, 3.8) is 0 Å². The molecule has 6 heteroatoms. The number of hydrogen-bond donors (Lipinski definition) is 2. The van der Waals surface area contributed by atoms with Crippen molar-refractivity contribution < 1.29 is 14.3 Å². The molecule has 0 radical (unpaired) electrons. The predicted octanol–water partition coefficient (Wildman–Crippen LogP) is 2.24. The van der Waals surface area contributed by atoms with Crippen molar-refractivity contribution in [3.8, 4) is 0 Å². The number of alkyl carbamates (subject to hydrolysis) is 1. The van der Waals surface area contributed by atoms with Crippen molar-refractivity contribution in [2.24, 2.45) is 17.8 Å². The zero-order valence-electron chi connectivity index (χ0n) is 16.1. The first-order valence-corrected chi connectivity index (χ1v) is 9.12. The van der Waals surface area contributed by atoms with E-state index in [0.717, 1.165) is 19.0 Å². The first kappa shape index (κ1) is 20.7. The summed E-state index contributed by atoms with van der Waals surface area (Å²) in [5, 5.41) is 5.65. The summed E-state index contributed by atoms with van der Waals surface area (Å²) in [4.78, 5) is 26.4. The van der Waals surface area contributed by atoms with Gasteiger partial charge in [-0.1, -0.05) is 34.6 Å². The first-order valence-electron chi connectivity index (χ1n) is 9.12. The molecule has 24 heavy (non-hydrogen) atoms. The molecule has 1 aliphatic rings. The Bertz CT molecular complexity index is 404. The predicted molar refractivity (Wildman–Crippen MR) is 95.8 cm³/mol. The summed E-state index contributed by atoms with van der Waals surface area (Å²) in [6.45, 7) is 13.3. The summed E-state index contributed by atoms with van der Waals surface area (Å²) >= 11 is 0. The second-order valence-electron chi connectivity index (χ2n) is 7.63. The van der Waals surface area contributed by atoms with Crippen LogP contribution in [-0.4, -0.2) is 55.7 Å². The van der Waals surface area contributed by atoms with Crippen molar-refractivity contribution in [2.45, 2.75) is 59.5 Å². The molecule has 0 spiro atoms. The number of carbonyl (C=O) groups is 2. The molecule has 0 bridgehead atoms. The highest BCUT2D eigenvalue weighted by molar-refractivity contribution is 5.85. The van der Waals surface area contributed by atoms with Crippen molar-refractivity contribution in [2.75, 3.05) is 26.7 Å². The van der Waals surface area contributed by atoms with Crippen LogP contribution in [0.25, 0.3) is 0 Å². The van der Waals surface area contributed by atoms with E-state index in [4.69, 9.17) is 0 Å². The van der Waals surface area contributed by atoms with Crippen LogP contribution in [0, 0.1) is 17.8 Å². The lowest BCUT2D eigenvalue weighted by Gasteiger charge is -2.39. The van der Waals surface area contributed by atoms with E-state index >= 15 is 0 Å². The molecule has 2 atom stereocenters. The smallest absolute Gasteiger partial charge is 0.407 e. The second kappa shape index (κ2) is 9.87. The number of nitrogens with one attached hydrogen (secondary N) is 2. The van der Waals surface area contributed by atoms with Gasteiger partial charge in [0.15, 0.2) is 0 Å². The topological polar surface area (TPSA) is 70.7 Å². The summed E-state index contributed by atoms with van der Waals surface area (Å²) in [6, 6.07) is -0.251. The number of methoxy groups -OCH3 is 1. The maximum Gasteiger partial charge on any atom is 0.407 e. The van der Waals surface area contributed by atoms with Gasteiger partial charge in [0.05, 0.1) is 7.11 Å². The Balaban J connectivity index is 2.61. The maximum atomic E-state index is 12.5. The van der Waals surface area contributed by atoms with Crippen molar-refractivity contribution >= 4 is 12.0 Å². The fourth-order valence-corrected chi connectivity index (χ4v) is 3.18. The lowest BCUT2D eigenvalue weighted by molar-refractivity contribution is -0.124. The van der Waals surface area contributed by atoms with E-state index in [1.807, 2.05) is 13.8 Å². The normalized spacial score (nSPS) is 19.2. The Hall–Kier alpha value is -1.30. The summed E-state index contributed by atoms with van der Waals surface area (Å²) in [6.07, 6.45) is 1.86. The molecule has 2 N–H and O–H groups in total. The number of amides is 2. The number of likely N-dealkylation sites (tertiary alicyclic amines) is 1. The molecule has 2 unspecified atom stereocenters. The van der Waals surface area contributed by atoms with Gasteiger partial charge in [-0.25, -0.2) is 4.79 Å². The standard InChI is InChI=1S/C18H35N3O3/c1-12(2)15(21-9-7-14(5)8-10-21)11-19-17(22)16(13(3)4)20-18(23)24-6/h12-16H,7-11H2,1-6H3,(H,19,22)(H,20,23). The van der Waals surface area contributed by atoms with E-state index in [9.17, 15) is 9.59 Å². The van der Waals surface area contributed by atoms with Crippen LogP contribution < -0.4 is 10.6 Å². The third kappa shape index (κ3) is 6.30. The Labute approximate surface area is 146 Å². The highest BCUT2D eigenvalue weighted by atomic mass is 16.5. The van der Waals surface area contributed by atoms with Crippen LogP contribution in [0.3, 0.4) is 0 Å². The summed E-state index contributed by atoms with van der Waals surface area (Å²) in [5.74, 6) is 1.10. The molecule has 1 rings (SSSR count). The van der Waals surface area contributed by atoms with Gasteiger partial charge in [-0.15, -0.1) is 0 Å². The maximum absolute atomic E-state index is 12.5. The Kier molecular flexibility index (Phi) is 8.53. The van der Waals surface area contributed by atoms with Crippen LogP contribution in [0.5, 0.6) is 0 Å². The minimum atomic E-state index is -0.577. The fraction of sp³-hybridized carbons (Fsp3) is 0.889. The minimum absolute atomic E-state index is 0.00237. The van der Waals surface area contributed by atoms with E-state index in [1.165, 1.54) is 20.0 Å². The zero-order valence-corrected chi connectivity index (χ0v) is 16.1. The SMILES string of the molecule is COC(=O)NC(C(=O)NCC(C(C)C)N1CCC(C)CC1)C(C)C. The van der Waals surface area contributed by atoms with Gasteiger partial charge in [-0.05, 0) is 43.7 Å². The highest BCUT2D eigenvalue weighted by Gasteiger charge is 2.28. The van der Waals surface area contributed by atoms with E-state index < -0.39 is 12.1 Å². The monoisotopic (exact) mass is 341 g/mol. The van der Waals surface area contributed by atoms with E-state index in [0.29, 0.717) is 18.5 Å². The average Bonchev–Trinajstić information content (AvgIpc) is 2.53. The van der Waals surface area contributed by atoms with Crippen LogP contribution in [0.1, 0.15) is 47.5 Å². The Morgan fingerprint density at radius 1 is 1.12 bits per heavy atom. The molecule has 1 saturated heterocycles. The number of ether oxygens (including phenoxy) is 1. The Morgan fingerprint density at radius 3 is 2.17 bits per heavy atom. The highest BCUT2D eigenvalue weighted by Crippen LogP contribution is 2.21. The molecule has 1 fully saturated rings. The molecule has 0 aromatic carbocycles. The van der Waals surface area contributed by atoms with Crippen molar-refractivity contribution in [3.05, 3.63) is 0 Å². The number of rotatable bonds is 7. The van der Waals surface area contributed by atoms with Crippen molar-refractivity contribution in [1.29, 1.82) is 0 Å². The summed E-state index contributed by atoms with van der Waals surface area (Å²) < 4.78 is 4.61. The van der Waals surface area contributed by atoms with Crippen molar-refractivity contribution in [1.82, 2.24) is 15.5 Å². The second-order valence-corrected chi connectivity index (χ2v) is 7.63.